The first-order valence-electron chi connectivity index (χ1n) is 8.89. The molecule has 1 aromatic rings. The van der Waals surface area contributed by atoms with E-state index in [1.807, 2.05) is 20.8 Å². The van der Waals surface area contributed by atoms with Gasteiger partial charge in [0.15, 0.2) is 5.90 Å². The Labute approximate surface area is 170 Å². The van der Waals surface area contributed by atoms with Gasteiger partial charge in [-0.3, -0.25) is 4.31 Å². The van der Waals surface area contributed by atoms with Gasteiger partial charge in [-0.25, -0.2) is 13.4 Å². The summed E-state index contributed by atoms with van der Waals surface area (Å²) in [5, 5.41) is 0. The van der Waals surface area contributed by atoms with Crippen molar-refractivity contribution in [2.45, 2.75) is 58.2 Å². The molecule has 5 nitrogen and oxygen atoms in total. The zero-order valence-corrected chi connectivity index (χ0v) is 18.3. The van der Waals surface area contributed by atoms with Crippen LogP contribution in [0.5, 0.6) is 0 Å². The Hall–Kier alpha value is -2.29. The first kappa shape index (κ1) is 24.7. The van der Waals surface area contributed by atoms with Gasteiger partial charge in [0.2, 0.25) is 0 Å². The van der Waals surface area contributed by atoms with Crippen LogP contribution in [0, 0.1) is 0 Å². The molecule has 0 N–H and O–H groups in total. The molecule has 9 heteroatoms. The van der Waals surface area contributed by atoms with Crippen LogP contribution in [-0.4, -0.2) is 30.8 Å². The predicted molar refractivity (Wildman–Crippen MR) is 108 cm³/mol. The average molecular weight is 433 g/mol. The van der Waals surface area contributed by atoms with Gasteiger partial charge in [0.1, 0.15) is 5.60 Å². The molecule has 0 bridgehead atoms. The monoisotopic (exact) mass is 432 g/mol. The molecule has 0 fully saturated rings. The summed E-state index contributed by atoms with van der Waals surface area (Å²) < 4.78 is 71.1. The largest absolute Gasteiger partial charge is 0.475 e. The van der Waals surface area contributed by atoms with Crippen LogP contribution in [0.25, 0.3) is 0 Å². The molecule has 0 amide bonds. The number of aliphatic imine (C=N–C) groups is 1. The first-order valence-corrected chi connectivity index (χ1v) is 10.3. The fraction of sp³-hybridized carbons (Fsp3) is 0.450. The summed E-state index contributed by atoms with van der Waals surface area (Å²) in [5.41, 5.74) is -0.955. The van der Waals surface area contributed by atoms with Crippen molar-refractivity contribution in [2.24, 2.45) is 4.99 Å². The fourth-order valence-corrected chi connectivity index (χ4v) is 4.03. The van der Waals surface area contributed by atoms with Crippen LogP contribution in [0.15, 0.2) is 58.2 Å². The number of hydrogen-bond acceptors (Lipinski definition) is 4. The van der Waals surface area contributed by atoms with E-state index in [1.165, 1.54) is 6.08 Å². The molecule has 162 valence electrons. The van der Waals surface area contributed by atoms with E-state index >= 15 is 0 Å². The van der Waals surface area contributed by atoms with Crippen LogP contribution in [0.4, 0.5) is 13.2 Å². The molecule has 29 heavy (non-hydrogen) atoms. The summed E-state index contributed by atoms with van der Waals surface area (Å²) in [5.74, 6) is 0.392. The van der Waals surface area contributed by atoms with Crippen molar-refractivity contribution in [3.8, 4) is 0 Å². The lowest BCUT2D eigenvalue weighted by Gasteiger charge is -2.24. The van der Waals surface area contributed by atoms with E-state index in [-0.39, 0.29) is 12.2 Å². The lowest BCUT2D eigenvalue weighted by Crippen LogP contribution is -2.29. The van der Waals surface area contributed by atoms with E-state index in [9.17, 15) is 21.6 Å². The molecule has 1 rings (SSSR count). The lowest BCUT2D eigenvalue weighted by atomic mass is 10.2. The van der Waals surface area contributed by atoms with E-state index in [0.29, 0.717) is 17.7 Å². The second-order valence-electron chi connectivity index (χ2n) is 7.32. The Morgan fingerprint density at radius 2 is 1.83 bits per heavy atom. The van der Waals surface area contributed by atoms with Gasteiger partial charge >= 0.3 is 6.18 Å². The third-order valence-corrected chi connectivity index (χ3v) is 5.44. The standard InChI is InChI=1S/C20H27F3N2O3S/c1-8-25(15(3)12-14(2)24-16(4)28-19(5,6)7)29(26,27)18-11-9-10-17(13-18)20(21,22)23/h9-13H,3,8H2,1-2,4-7H3/b14-12+,24-16?. The van der Waals surface area contributed by atoms with Gasteiger partial charge in [-0.05, 0) is 58.9 Å². The second kappa shape index (κ2) is 9.02. The normalized spacial score (nSPS) is 14.0. The fourth-order valence-electron chi connectivity index (χ4n) is 2.55. The third kappa shape index (κ3) is 7.23. The SMILES string of the molecule is C=C(/C=C(\C)N=C(C)OC(C)(C)C)N(CC)S(=O)(=O)c1cccc(C(F)(F)F)c1. The number of ether oxygens (including phenoxy) is 1. The molecule has 0 aliphatic rings. The number of benzene rings is 1. The van der Waals surface area contributed by atoms with Crippen molar-refractivity contribution in [1.29, 1.82) is 0 Å². The maximum absolute atomic E-state index is 12.9. The van der Waals surface area contributed by atoms with Crippen molar-refractivity contribution < 1.29 is 26.3 Å². The van der Waals surface area contributed by atoms with Crippen LogP contribution in [-0.2, 0) is 20.9 Å². The predicted octanol–water partition coefficient (Wildman–Crippen LogP) is 5.37. The Morgan fingerprint density at radius 1 is 1.24 bits per heavy atom. The van der Waals surface area contributed by atoms with Gasteiger partial charge in [-0.15, -0.1) is 0 Å². The van der Waals surface area contributed by atoms with Gasteiger partial charge in [0.25, 0.3) is 10.0 Å². The molecular weight excluding hydrogens is 405 g/mol. The van der Waals surface area contributed by atoms with Crippen LogP contribution < -0.4 is 0 Å². The van der Waals surface area contributed by atoms with Gasteiger partial charge in [-0.2, -0.15) is 13.2 Å². The number of halogens is 3. The first-order chi connectivity index (χ1) is 13.1. The van der Waals surface area contributed by atoms with Crippen LogP contribution in [0.1, 0.15) is 47.1 Å². The molecule has 0 spiro atoms. The second-order valence-corrected chi connectivity index (χ2v) is 9.18. The van der Waals surface area contributed by atoms with Gasteiger partial charge in [0, 0.05) is 24.9 Å². The molecule has 0 saturated heterocycles. The molecule has 0 saturated carbocycles. The minimum Gasteiger partial charge on any atom is -0.475 e. The number of likely N-dealkylation sites (N-methyl/N-ethyl adjacent to an activating group) is 1. The van der Waals surface area contributed by atoms with Crippen molar-refractivity contribution in [1.82, 2.24) is 4.31 Å². The Morgan fingerprint density at radius 3 is 2.31 bits per heavy atom. The lowest BCUT2D eigenvalue weighted by molar-refractivity contribution is -0.137. The number of alkyl halides is 3. The summed E-state index contributed by atoms with van der Waals surface area (Å²) in [6.45, 7) is 14.2. The minimum absolute atomic E-state index is 0.0115. The maximum atomic E-state index is 12.9. The summed E-state index contributed by atoms with van der Waals surface area (Å²) in [6, 6.07) is 3.61. The highest BCUT2D eigenvalue weighted by molar-refractivity contribution is 7.89. The quantitative estimate of drug-likeness (QED) is 0.345. The van der Waals surface area contributed by atoms with Gasteiger partial charge < -0.3 is 4.74 Å². The van der Waals surface area contributed by atoms with E-state index in [4.69, 9.17) is 4.74 Å². The number of allylic oxidation sites excluding steroid dienone is 2. The van der Waals surface area contributed by atoms with E-state index in [1.54, 1.807) is 20.8 Å². The van der Waals surface area contributed by atoms with Crippen LogP contribution in [0.2, 0.25) is 0 Å². The summed E-state index contributed by atoms with van der Waals surface area (Å²) >= 11 is 0. The Kier molecular flexibility index (Phi) is 7.70. The van der Waals surface area contributed by atoms with E-state index < -0.39 is 32.3 Å². The number of sulfonamides is 1. The molecule has 0 unspecified atom stereocenters. The molecule has 1 aromatic carbocycles. The van der Waals surface area contributed by atoms with Crippen LogP contribution >= 0.6 is 0 Å². The molecule has 0 aliphatic heterocycles. The number of rotatable bonds is 6. The summed E-state index contributed by atoms with van der Waals surface area (Å²) in [4.78, 5) is 3.78. The summed E-state index contributed by atoms with van der Waals surface area (Å²) in [7, 11) is -4.23. The highest BCUT2D eigenvalue weighted by Gasteiger charge is 2.33. The molecule has 0 radical (unpaired) electrons. The van der Waals surface area contributed by atoms with Crippen molar-refractivity contribution >= 4 is 15.9 Å². The third-order valence-electron chi connectivity index (χ3n) is 3.52. The average Bonchev–Trinajstić information content (AvgIpc) is 2.52. The zero-order valence-electron chi connectivity index (χ0n) is 17.5. The maximum Gasteiger partial charge on any atom is 0.416 e. The van der Waals surface area contributed by atoms with Crippen molar-refractivity contribution in [2.75, 3.05) is 6.54 Å². The van der Waals surface area contributed by atoms with Crippen molar-refractivity contribution in [3.63, 3.8) is 0 Å². The molecular formula is C20H27F3N2O3S. The smallest absolute Gasteiger partial charge is 0.416 e. The minimum atomic E-state index is -4.64. The Balaban J connectivity index is 3.21. The molecule has 0 aromatic heterocycles. The van der Waals surface area contributed by atoms with Crippen LogP contribution in [0.3, 0.4) is 0 Å². The molecule has 0 atom stereocenters. The molecule has 0 aliphatic carbocycles. The zero-order chi connectivity index (χ0) is 22.6. The van der Waals surface area contributed by atoms with E-state index in [0.717, 1.165) is 22.5 Å². The summed E-state index contributed by atoms with van der Waals surface area (Å²) in [6.07, 6.45) is -3.21. The topological polar surface area (TPSA) is 59.0 Å². The highest BCUT2D eigenvalue weighted by atomic mass is 32.2. The van der Waals surface area contributed by atoms with E-state index in [2.05, 4.69) is 11.6 Å². The number of nitrogens with zero attached hydrogens (tertiary/aromatic N) is 2. The number of hydrogen-bond donors (Lipinski definition) is 0. The van der Waals surface area contributed by atoms with Crippen molar-refractivity contribution in [3.05, 3.63) is 53.9 Å². The molecule has 0 heterocycles. The Bertz CT molecular complexity index is 912. The highest BCUT2D eigenvalue weighted by Crippen LogP contribution is 2.31. The van der Waals surface area contributed by atoms with Gasteiger partial charge in [0.05, 0.1) is 10.5 Å². The van der Waals surface area contributed by atoms with Gasteiger partial charge in [-0.1, -0.05) is 12.6 Å².